The van der Waals surface area contributed by atoms with E-state index in [0.29, 0.717) is 18.0 Å². The van der Waals surface area contributed by atoms with Crippen molar-refractivity contribution in [3.8, 4) is 0 Å². The molecule has 0 bridgehead atoms. The van der Waals surface area contributed by atoms with Crippen molar-refractivity contribution in [2.75, 3.05) is 6.61 Å². The van der Waals surface area contributed by atoms with Crippen molar-refractivity contribution in [2.24, 2.45) is 5.92 Å². The molecule has 0 amide bonds. The Hall–Kier alpha value is -0.980. The lowest BCUT2D eigenvalue weighted by Gasteiger charge is -2.43. The Balaban J connectivity index is 1.15. The van der Waals surface area contributed by atoms with Crippen LogP contribution in [0.1, 0.15) is 49.7 Å². The van der Waals surface area contributed by atoms with E-state index < -0.39 is 5.79 Å². The van der Waals surface area contributed by atoms with E-state index in [-0.39, 0.29) is 24.6 Å². The highest BCUT2D eigenvalue weighted by atomic mass is 16.8. The zero-order valence-electron chi connectivity index (χ0n) is 16.3. The van der Waals surface area contributed by atoms with Gasteiger partial charge >= 0.3 is 0 Å². The highest BCUT2D eigenvalue weighted by Crippen LogP contribution is 2.51. The Morgan fingerprint density at radius 1 is 0.929 bits per heavy atom. The van der Waals surface area contributed by atoms with Crippen LogP contribution in [-0.4, -0.2) is 54.0 Å². The Labute approximate surface area is 166 Å². The van der Waals surface area contributed by atoms with Gasteiger partial charge in [-0.05, 0) is 36.8 Å². The van der Waals surface area contributed by atoms with Crippen LogP contribution in [0.5, 0.6) is 0 Å². The molecule has 1 spiro atoms. The smallest absolute Gasteiger partial charge is 0.190 e. The molecule has 5 aliphatic heterocycles. The number of fused-ring (bicyclic) bond motifs is 8. The van der Waals surface area contributed by atoms with Gasteiger partial charge in [0, 0.05) is 37.4 Å². The molecule has 0 unspecified atom stereocenters. The fourth-order valence-corrected chi connectivity index (χ4v) is 6.94. The highest BCUT2D eigenvalue weighted by molar-refractivity contribution is 5.31. The Morgan fingerprint density at radius 3 is 2.68 bits per heavy atom. The summed E-state index contributed by atoms with van der Waals surface area (Å²) in [5.74, 6) is 0.157. The number of nitrogens with zero attached hydrogens (tertiary/aromatic N) is 1. The van der Waals surface area contributed by atoms with Crippen LogP contribution >= 0.6 is 0 Å². The average molecular weight is 383 g/mol. The lowest BCUT2D eigenvalue weighted by molar-refractivity contribution is -0.261. The number of hydrogen-bond acceptors (Lipinski definition) is 5. The average Bonchev–Trinajstić information content (AvgIpc) is 3.34. The van der Waals surface area contributed by atoms with Gasteiger partial charge in [0.25, 0.3) is 0 Å². The maximum absolute atomic E-state index is 6.55. The molecule has 5 heterocycles. The Morgan fingerprint density at radius 2 is 1.79 bits per heavy atom. The van der Waals surface area contributed by atoms with Crippen LogP contribution in [0.15, 0.2) is 24.3 Å². The number of rotatable bonds is 0. The van der Waals surface area contributed by atoms with E-state index >= 15 is 0 Å². The van der Waals surface area contributed by atoms with E-state index in [9.17, 15) is 0 Å². The molecule has 5 heteroatoms. The Bertz CT molecular complexity index is 778. The van der Waals surface area contributed by atoms with Gasteiger partial charge in [0.2, 0.25) is 0 Å². The van der Waals surface area contributed by atoms with Crippen LogP contribution in [0.2, 0.25) is 0 Å². The molecule has 6 aliphatic rings. The van der Waals surface area contributed by atoms with Gasteiger partial charge in [0.05, 0.1) is 6.61 Å². The normalized spacial score (nSPS) is 45.9. The lowest BCUT2D eigenvalue weighted by Crippen LogP contribution is -2.56. The third kappa shape index (κ3) is 2.31. The number of hydrogen-bond donors (Lipinski definition) is 0. The molecule has 1 aliphatic carbocycles. The minimum absolute atomic E-state index is 0.0171. The van der Waals surface area contributed by atoms with Gasteiger partial charge in [0.1, 0.15) is 18.3 Å². The van der Waals surface area contributed by atoms with Crippen LogP contribution < -0.4 is 0 Å². The minimum Gasteiger partial charge on any atom is -0.372 e. The summed E-state index contributed by atoms with van der Waals surface area (Å²) in [5, 5.41) is 0. The summed E-state index contributed by atoms with van der Waals surface area (Å²) < 4.78 is 25.9. The molecule has 0 radical (unpaired) electrons. The summed E-state index contributed by atoms with van der Waals surface area (Å²) in [7, 11) is 0. The molecular formula is C23H29NO4. The first kappa shape index (κ1) is 16.8. The van der Waals surface area contributed by atoms with Gasteiger partial charge in [-0.25, -0.2) is 0 Å². The molecular weight excluding hydrogens is 354 g/mol. The quantitative estimate of drug-likeness (QED) is 0.689. The van der Waals surface area contributed by atoms with Crippen LogP contribution in [0.4, 0.5) is 0 Å². The third-order valence-electron chi connectivity index (χ3n) is 8.18. The van der Waals surface area contributed by atoms with Gasteiger partial charge < -0.3 is 18.9 Å². The molecule has 5 fully saturated rings. The summed E-state index contributed by atoms with van der Waals surface area (Å²) in [6.07, 6.45) is 7.82. The molecule has 0 N–H and O–H groups in total. The first-order valence-electron chi connectivity index (χ1n) is 11.2. The van der Waals surface area contributed by atoms with E-state index in [1.165, 1.54) is 36.8 Å². The van der Waals surface area contributed by atoms with Crippen molar-refractivity contribution in [1.82, 2.24) is 4.90 Å². The van der Waals surface area contributed by atoms with Gasteiger partial charge in [-0.15, -0.1) is 0 Å². The van der Waals surface area contributed by atoms with Crippen molar-refractivity contribution in [3.63, 3.8) is 0 Å². The van der Waals surface area contributed by atoms with Crippen LogP contribution in [0.25, 0.3) is 0 Å². The van der Waals surface area contributed by atoms with Crippen LogP contribution in [0, 0.1) is 5.92 Å². The SMILES string of the molecule is c1ccc2c(c1)C[C@@H]1C[C@H]3CO[C@@H]4[C@H]5OC6(CCCCC6)O[C@H]5O[C@@H]4[C@H]3N1C2. The molecule has 1 saturated carbocycles. The predicted octanol–water partition coefficient (Wildman–Crippen LogP) is 3.00. The van der Waals surface area contributed by atoms with E-state index in [1.807, 2.05) is 0 Å². The largest absolute Gasteiger partial charge is 0.372 e. The van der Waals surface area contributed by atoms with Crippen molar-refractivity contribution in [2.45, 2.75) is 94.0 Å². The second kappa shape index (κ2) is 6.02. The second-order valence-electron chi connectivity index (χ2n) is 9.72. The van der Waals surface area contributed by atoms with Crippen LogP contribution in [-0.2, 0) is 31.9 Å². The molecule has 0 aromatic heterocycles. The molecule has 4 saturated heterocycles. The maximum atomic E-state index is 6.55. The molecule has 1 aromatic rings. The molecule has 5 nitrogen and oxygen atoms in total. The summed E-state index contributed by atoms with van der Waals surface area (Å²) >= 11 is 0. The molecule has 28 heavy (non-hydrogen) atoms. The predicted molar refractivity (Wildman–Crippen MR) is 102 cm³/mol. The van der Waals surface area contributed by atoms with Crippen molar-refractivity contribution < 1.29 is 18.9 Å². The third-order valence-corrected chi connectivity index (χ3v) is 8.18. The Kier molecular flexibility index (Phi) is 3.61. The summed E-state index contributed by atoms with van der Waals surface area (Å²) in [5.41, 5.74) is 3.00. The molecule has 7 rings (SSSR count). The fourth-order valence-electron chi connectivity index (χ4n) is 6.94. The fraction of sp³-hybridized carbons (Fsp3) is 0.739. The zero-order chi connectivity index (χ0) is 18.3. The van der Waals surface area contributed by atoms with Crippen molar-refractivity contribution >= 4 is 0 Å². The zero-order valence-corrected chi connectivity index (χ0v) is 16.3. The minimum atomic E-state index is -0.402. The summed E-state index contributed by atoms with van der Waals surface area (Å²) in [6, 6.07) is 9.97. The molecule has 7 atom stereocenters. The monoisotopic (exact) mass is 383 g/mol. The molecule has 1 aromatic carbocycles. The van der Waals surface area contributed by atoms with Crippen molar-refractivity contribution in [1.29, 1.82) is 0 Å². The van der Waals surface area contributed by atoms with Crippen LogP contribution in [0.3, 0.4) is 0 Å². The highest BCUT2D eigenvalue weighted by Gasteiger charge is 2.64. The topological polar surface area (TPSA) is 40.2 Å². The van der Waals surface area contributed by atoms with Crippen molar-refractivity contribution in [3.05, 3.63) is 35.4 Å². The summed E-state index contributed by atoms with van der Waals surface area (Å²) in [6.45, 7) is 1.87. The maximum Gasteiger partial charge on any atom is 0.190 e. The van der Waals surface area contributed by atoms with Gasteiger partial charge in [0.15, 0.2) is 12.1 Å². The summed E-state index contributed by atoms with van der Waals surface area (Å²) in [4.78, 5) is 2.71. The van der Waals surface area contributed by atoms with E-state index in [4.69, 9.17) is 18.9 Å². The first-order valence-corrected chi connectivity index (χ1v) is 11.2. The molecule has 150 valence electrons. The standard InChI is InChI=1S/C23H29NO4/c1-4-8-23(9-5-1)27-21-20-19(26-22(21)28-23)18-16(13-25-20)11-17-10-14-6-2-3-7-15(14)12-24(17)18/h2-3,6-7,16-22H,1,4-5,8-13H2/t16-,17+,18-,19+,20-,21+,22+/m0/s1. The second-order valence-corrected chi connectivity index (χ2v) is 9.72. The van der Waals surface area contributed by atoms with Gasteiger partial charge in [-0.2, -0.15) is 0 Å². The van der Waals surface area contributed by atoms with E-state index in [2.05, 4.69) is 29.2 Å². The first-order chi connectivity index (χ1) is 13.8. The lowest BCUT2D eigenvalue weighted by atomic mass is 9.89. The number of ether oxygens (including phenoxy) is 4. The van der Waals surface area contributed by atoms with E-state index in [0.717, 1.165) is 32.4 Å². The van der Waals surface area contributed by atoms with Gasteiger partial charge in [-0.3, -0.25) is 4.90 Å². The number of benzene rings is 1. The van der Waals surface area contributed by atoms with Gasteiger partial charge in [-0.1, -0.05) is 30.7 Å². The van der Waals surface area contributed by atoms with E-state index in [1.54, 1.807) is 0 Å².